The third kappa shape index (κ3) is 3.68. The molecule has 0 aromatic heterocycles. The Morgan fingerprint density at radius 1 is 0.926 bits per heavy atom. The molecular weight excluding hydrogens is 378 g/mol. The number of benzene rings is 3. The van der Waals surface area contributed by atoms with Crippen LogP contribution in [0.5, 0.6) is 11.5 Å². The fourth-order valence-corrected chi connectivity index (χ4v) is 2.98. The van der Waals surface area contributed by atoms with Gasteiger partial charge >= 0.3 is 0 Å². The maximum atomic E-state index is 11.3. The van der Waals surface area contributed by atoms with Gasteiger partial charge in [-0.15, -0.1) is 10.2 Å². The molecule has 10 nitrogen and oxygen atoms in total. The summed E-state index contributed by atoms with van der Waals surface area (Å²) in [5, 5.41) is 39.7. The van der Waals surface area contributed by atoms with Gasteiger partial charge in [-0.2, -0.15) is 8.42 Å². The van der Waals surface area contributed by atoms with Crippen LogP contribution < -0.4 is 0 Å². The predicted molar refractivity (Wildman–Crippen MR) is 94.4 cm³/mol. The molecule has 27 heavy (non-hydrogen) atoms. The van der Waals surface area contributed by atoms with Gasteiger partial charge in [-0.05, 0) is 22.9 Å². The zero-order valence-electron chi connectivity index (χ0n) is 13.3. The largest absolute Gasteiger partial charge is 0.506 e. The molecule has 3 N–H and O–H groups in total. The number of phenolic OH excluding ortho intramolecular Hbond substituents is 2. The van der Waals surface area contributed by atoms with Gasteiger partial charge in [0, 0.05) is 12.1 Å². The molecule has 138 valence electrons. The Kier molecular flexibility index (Phi) is 4.47. The second-order valence-corrected chi connectivity index (χ2v) is 6.82. The minimum absolute atomic E-state index is 0.00647. The monoisotopic (exact) mass is 389 g/mol. The fourth-order valence-electron chi connectivity index (χ4n) is 2.36. The lowest BCUT2D eigenvalue weighted by Gasteiger charge is -2.05. The molecule has 0 spiro atoms. The predicted octanol–water partition coefficient (Wildman–Crippen LogP) is 3.82. The van der Waals surface area contributed by atoms with Crippen LogP contribution in [0.25, 0.3) is 10.8 Å². The van der Waals surface area contributed by atoms with Crippen LogP contribution in [0.15, 0.2) is 63.7 Å². The summed E-state index contributed by atoms with van der Waals surface area (Å²) in [6, 6.07) is 11.3. The highest BCUT2D eigenvalue weighted by Gasteiger charge is 2.24. The molecule has 3 aromatic carbocycles. The molecule has 0 atom stereocenters. The first-order valence-electron chi connectivity index (χ1n) is 7.29. The lowest BCUT2D eigenvalue weighted by atomic mass is 10.1. The zero-order valence-corrected chi connectivity index (χ0v) is 14.2. The van der Waals surface area contributed by atoms with Crippen molar-refractivity contribution in [1.82, 2.24) is 0 Å². The molecule has 0 saturated carbocycles. The Morgan fingerprint density at radius 3 is 2.11 bits per heavy atom. The van der Waals surface area contributed by atoms with Crippen LogP contribution >= 0.6 is 0 Å². The number of non-ortho nitro benzene ring substituents is 1. The van der Waals surface area contributed by atoms with E-state index in [1.54, 1.807) is 24.3 Å². The summed E-state index contributed by atoms with van der Waals surface area (Å²) in [5.74, 6) is -1.25. The molecule has 3 aromatic rings. The first-order chi connectivity index (χ1) is 12.7. The van der Waals surface area contributed by atoms with Crippen molar-refractivity contribution in [2.24, 2.45) is 10.2 Å². The van der Waals surface area contributed by atoms with Gasteiger partial charge in [0.15, 0.2) is 5.75 Å². The first kappa shape index (κ1) is 18.2. The van der Waals surface area contributed by atoms with Gasteiger partial charge in [-0.25, -0.2) is 0 Å². The summed E-state index contributed by atoms with van der Waals surface area (Å²) in [4.78, 5) is 8.96. The Bertz CT molecular complexity index is 1210. The van der Waals surface area contributed by atoms with Gasteiger partial charge in [-0.3, -0.25) is 14.7 Å². The normalized spacial score (nSPS) is 11.9. The molecule has 3 rings (SSSR count). The third-order valence-corrected chi connectivity index (χ3v) is 4.50. The minimum atomic E-state index is -4.94. The topological polar surface area (TPSA) is 163 Å². The maximum absolute atomic E-state index is 11.3. The second-order valence-electron chi connectivity index (χ2n) is 5.43. The van der Waals surface area contributed by atoms with Crippen LogP contribution in [-0.4, -0.2) is 28.1 Å². The molecule has 0 aliphatic heterocycles. The number of fused-ring (bicyclic) bond motifs is 1. The van der Waals surface area contributed by atoms with E-state index in [1.165, 1.54) is 12.1 Å². The molecule has 0 bridgehead atoms. The number of nitro groups is 1. The smallest absolute Gasteiger partial charge is 0.298 e. The maximum Gasteiger partial charge on any atom is 0.298 e. The first-order valence-corrected chi connectivity index (χ1v) is 8.73. The Balaban J connectivity index is 2.13. The highest BCUT2D eigenvalue weighted by atomic mass is 32.2. The van der Waals surface area contributed by atoms with Gasteiger partial charge < -0.3 is 10.2 Å². The van der Waals surface area contributed by atoms with Crippen LogP contribution in [0.1, 0.15) is 0 Å². The van der Waals surface area contributed by atoms with Crippen molar-refractivity contribution in [2.75, 3.05) is 0 Å². The molecule has 0 heterocycles. The van der Waals surface area contributed by atoms with Crippen molar-refractivity contribution >= 4 is 38.0 Å². The summed E-state index contributed by atoms with van der Waals surface area (Å²) in [7, 11) is -4.94. The lowest BCUT2D eigenvalue weighted by molar-refractivity contribution is -0.385. The van der Waals surface area contributed by atoms with Crippen LogP contribution in [0, 0.1) is 10.1 Å². The van der Waals surface area contributed by atoms with Gasteiger partial charge in [0.1, 0.15) is 22.0 Å². The molecular formula is C16H11N3O7S. The SMILES string of the molecule is O=[N+]([O-])c1cc(N=Nc2cc3ccccc3cc2O)c(O)c(S(=O)(=O)O)c1. The quantitative estimate of drug-likeness (QED) is 0.264. The number of azo groups is 1. The van der Waals surface area contributed by atoms with Crippen LogP contribution in [0.2, 0.25) is 0 Å². The van der Waals surface area contributed by atoms with Crippen LogP contribution in [-0.2, 0) is 10.1 Å². The van der Waals surface area contributed by atoms with E-state index in [1.807, 2.05) is 0 Å². The van der Waals surface area contributed by atoms with Crippen molar-refractivity contribution in [3.05, 3.63) is 58.6 Å². The third-order valence-electron chi connectivity index (χ3n) is 3.64. The molecule has 0 fully saturated rings. The Morgan fingerprint density at radius 2 is 1.52 bits per heavy atom. The van der Waals surface area contributed by atoms with E-state index < -0.39 is 37.1 Å². The van der Waals surface area contributed by atoms with Crippen molar-refractivity contribution < 1.29 is 28.1 Å². The number of rotatable bonds is 4. The van der Waals surface area contributed by atoms with E-state index >= 15 is 0 Å². The average Bonchev–Trinajstić information content (AvgIpc) is 2.59. The van der Waals surface area contributed by atoms with Crippen LogP contribution in [0.3, 0.4) is 0 Å². The van der Waals surface area contributed by atoms with E-state index in [0.717, 1.165) is 16.8 Å². The molecule has 0 aliphatic rings. The second kappa shape index (κ2) is 6.63. The lowest BCUT2D eigenvalue weighted by Crippen LogP contribution is -2.00. The summed E-state index contributed by atoms with van der Waals surface area (Å²) >= 11 is 0. The van der Waals surface area contributed by atoms with Gasteiger partial charge in [0.05, 0.1) is 4.92 Å². The van der Waals surface area contributed by atoms with E-state index in [4.69, 9.17) is 4.55 Å². The standard InChI is InChI=1S/C16H11N3O7S/c20-14-6-10-4-2-1-3-9(10)5-12(14)17-18-13-7-11(19(22)23)8-15(16(13)21)27(24,25)26/h1-8,20-21H,(H,24,25,26). The van der Waals surface area contributed by atoms with Gasteiger partial charge in [0.2, 0.25) is 0 Å². The summed E-state index contributed by atoms with van der Waals surface area (Å²) < 4.78 is 31.8. The summed E-state index contributed by atoms with van der Waals surface area (Å²) in [5.41, 5.74) is -1.30. The molecule has 0 radical (unpaired) electrons. The molecule has 0 unspecified atom stereocenters. The van der Waals surface area contributed by atoms with E-state index in [0.29, 0.717) is 6.07 Å². The number of phenols is 2. The van der Waals surface area contributed by atoms with Gasteiger partial charge in [0.25, 0.3) is 15.8 Å². The molecule has 0 aliphatic carbocycles. The highest BCUT2D eigenvalue weighted by molar-refractivity contribution is 7.86. The number of aromatic hydroxyl groups is 2. The molecule has 0 amide bonds. The highest BCUT2D eigenvalue weighted by Crippen LogP contribution is 2.39. The van der Waals surface area contributed by atoms with Crippen molar-refractivity contribution in [2.45, 2.75) is 4.90 Å². The number of hydrogen-bond donors (Lipinski definition) is 3. The Labute approximate surface area is 151 Å². The van der Waals surface area contributed by atoms with Gasteiger partial charge in [-0.1, -0.05) is 24.3 Å². The summed E-state index contributed by atoms with van der Waals surface area (Å²) in [6.07, 6.45) is 0. The Hall–Kier alpha value is -3.57. The summed E-state index contributed by atoms with van der Waals surface area (Å²) in [6.45, 7) is 0. The van der Waals surface area contributed by atoms with E-state index in [2.05, 4.69) is 10.2 Å². The average molecular weight is 389 g/mol. The van der Waals surface area contributed by atoms with Crippen molar-refractivity contribution in [3.8, 4) is 11.5 Å². The minimum Gasteiger partial charge on any atom is -0.506 e. The molecule has 0 saturated heterocycles. The number of nitrogens with zero attached hydrogens (tertiary/aromatic N) is 3. The zero-order chi connectivity index (χ0) is 19.8. The van der Waals surface area contributed by atoms with Crippen molar-refractivity contribution in [1.29, 1.82) is 0 Å². The van der Waals surface area contributed by atoms with Crippen LogP contribution in [0.4, 0.5) is 17.1 Å². The van der Waals surface area contributed by atoms with E-state index in [9.17, 15) is 28.7 Å². The molecule has 11 heteroatoms. The fraction of sp³-hybridized carbons (Fsp3) is 0. The number of hydrogen-bond acceptors (Lipinski definition) is 8. The number of nitro benzene ring substituents is 1. The van der Waals surface area contributed by atoms with Crippen molar-refractivity contribution in [3.63, 3.8) is 0 Å². The van der Waals surface area contributed by atoms with E-state index in [-0.39, 0.29) is 11.4 Å².